The second kappa shape index (κ2) is 4.63. The molecule has 1 radical (unpaired) electrons. The largest absolute Gasteiger partial charge is 0.496 e. The third-order valence-corrected chi connectivity index (χ3v) is 1.68. The van der Waals surface area contributed by atoms with Crippen LogP contribution in [0.5, 0.6) is 11.5 Å². The normalized spacial score (nSPS) is 10.1. The highest BCUT2D eigenvalue weighted by molar-refractivity contribution is 5.51. The van der Waals surface area contributed by atoms with Gasteiger partial charge in [0.25, 0.3) is 0 Å². The zero-order chi connectivity index (χ0) is 11.4. The molecule has 81 valence electrons. The topological polar surface area (TPSA) is 61.6 Å². The number of benzene rings is 1. The third-order valence-electron chi connectivity index (χ3n) is 1.68. The van der Waals surface area contributed by atoms with Crippen molar-refractivity contribution < 1.29 is 14.4 Å². The summed E-state index contributed by atoms with van der Waals surface area (Å²) < 4.78 is 10.1. The van der Waals surface area contributed by atoms with E-state index < -0.39 is 4.92 Å². The summed E-state index contributed by atoms with van der Waals surface area (Å²) in [5.74, 6) is 0.656. The average molecular weight is 210 g/mol. The van der Waals surface area contributed by atoms with Gasteiger partial charge in [0, 0.05) is 0 Å². The Bertz CT molecular complexity index is 362. The SMILES string of the molecule is COc1ccc(O[C](C)C)c([N+](=O)[O-])c1. The molecular formula is C10H12NO4. The zero-order valence-corrected chi connectivity index (χ0v) is 8.81. The molecule has 0 unspecified atom stereocenters. The highest BCUT2D eigenvalue weighted by Gasteiger charge is 2.17. The molecule has 1 aromatic carbocycles. The van der Waals surface area contributed by atoms with Gasteiger partial charge in [-0.05, 0) is 26.0 Å². The van der Waals surface area contributed by atoms with Crippen LogP contribution in [0.3, 0.4) is 0 Å². The Morgan fingerprint density at radius 1 is 1.40 bits per heavy atom. The Morgan fingerprint density at radius 3 is 2.53 bits per heavy atom. The summed E-state index contributed by atoms with van der Waals surface area (Å²) in [7, 11) is 1.46. The molecule has 0 atom stereocenters. The van der Waals surface area contributed by atoms with E-state index in [1.54, 1.807) is 19.9 Å². The van der Waals surface area contributed by atoms with Crippen molar-refractivity contribution in [3.05, 3.63) is 34.4 Å². The summed E-state index contributed by atoms with van der Waals surface area (Å²) in [5.41, 5.74) is -0.101. The minimum absolute atomic E-state index is 0.101. The average Bonchev–Trinajstić information content (AvgIpc) is 2.17. The highest BCUT2D eigenvalue weighted by atomic mass is 16.6. The van der Waals surface area contributed by atoms with E-state index in [0.717, 1.165) is 0 Å². The smallest absolute Gasteiger partial charge is 0.314 e. The molecule has 1 rings (SSSR count). The highest BCUT2D eigenvalue weighted by Crippen LogP contribution is 2.32. The van der Waals surface area contributed by atoms with Crippen LogP contribution in [0.1, 0.15) is 13.8 Å². The summed E-state index contributed by atoms with van der Waals surface area (Å²) in [6.45, 7) is 3.46. The molecule has 0 aromatic heterocycles. The van der Waals surface area contributed by atoms with Crippen molar-refractivity contribution in [2.45, 2.75) is 13.8 Å². The van der Waals surface area contributed by atoms with E-state index in [1.807, 2.05) is 0 Å². The molecule has 5 heteroatoms. The van der Waals surface area contributed by atoms with E-state index in [1.165, 1.54) is 19.2 Å². The Labute approximate surface area is 87.8 Å². The first kappa shape index (κ1) is 11.3. The fourth-order valence-corrected chi connectivity index (χ4v) is 1.07. The van der Waals surface area contributed by atoms with Gasteiger partial charge in [-0.2, -0.15) is 0 Å². The predicted molar refractivity (Wildman–Crippen MR) is 54.9 cm³/mol. The van der Waals surface area contributed by atoms with E-state index in [-0.39, 0.29) is 11.4 Å². The lowest BCUT2D eigenvalue weighted by Gasteiger charge is -2.09. The first-order valence-corrected chi connectivity index (χ1v) is 4.35. The van der Waals surface area contributed by atoms with Crippen molar-refractivity contribution >= 4 is 5.69 Å². The molecule has 0 bridgehead atoms. The number of hydrogen-bond acceptors (Lipinski definition) is 4. The molecule has 0 amide bonds. The Morgan fingerprint density at radius 2 is 2.07 bits per heavy atom. The van der Waals surface area contributed by atoms with Crippen LogP contribution < -0.4 is 9.47 Å². The summed E-state index contributed by atoms with van der Waals surface area (Å²) in [6, 6.07) is 4.47. The third kappa shape index (κ3) is 2.83. The van der Waals surface area contributed by atoms with Crippen LogP contribution in [-0.2, 0) is 0 Å². The summed E-state index contributed by atoms with van der Waals surface area (Å²) in [5, 5.41) is 10.7. The van der Waals surface area contributed by atoms with Crippen LogP contribution in [-0.4, -0.2) is 12.0 Å². The van der Waals surface area contributed by atoms with Gasteiger partial charge in [0.15, 0.2) is 5.75 Å². The van der Waals surface area contributed by atoms with Crippen molar-refractivity contribution in [2.24, 2.45) is 0 Å². The minimum atomic E-state index is -0.499. The fraction of sp³-hybridized carbons (Fsp3) is 0.300. The lowest BCUT2D eigenvalue weighted by Crippen LogP contribution is -2.00. The minimum Gasteiger partial charge on any atom is -0.496 e. The van der Waals surface area contributed by atoms with Crippen LogP contribution >= 0.6 is 0 Å². The van der Waals surface area contributed by atoms with Gasteiger partial charge in [-0.3, -0.25) is 10.1 Å². The van der Waals surface area contributed by atoms with Crippen molar-refractivity contribution in [3.63, 3.8) is 0 Å². The van der Waals surface area contributed by atoms with Crippen LogP contribution in [0, 0.1) is 16.2 Å². The molecule has 0 saturated carbocycles. The maximum absolute atomic E-state index is 10.7. The number of rotatable bonds is 4. The number of nitrogens with zero attached hydrogens (tertiary/aromatic N) is 1. The Hall–Kier alpha value is -1.78. The maximum Gasteiger partial charge on any atom is 0.314 e. The fourth-order valence-electron chi connectivity index (χ4n) is 1.07. The van der Waals surface area contributed by atoms with Crippen molar-refractivity contribution in [2.75, 3.05) is 7.11 Å². The lowest BCUT2D eigenvalue weighted by atomic mass is 10.2. The molecule has 5 nitrogen and oxygen atoms in total. The van der Waals surface area contributed by atoms with E-state index in [2.05, 4.69) is 0 Å². The van der Waals surface area contributed by atoms with Crippen molar-refractivity contribution in [1.29, 1.82) is 0 Å². The number of methoxy groups -OCH3 is 1. The second-order valence-electron chi connectivity index (χ2n) is 3.10. The van der Waals surface area contributed by atoms with Gasteiger partial charge >= 0.3 is 5.69 Å². The maximum atomic E-state index is 10.7. The lowest BCUT2D eigenvalue weighted by molar-refractivity contribution is -0.385. The van der Waals surface area contributed by atoms with Gasteiger partial charge in [-0.15, -0.1) is 0 Å². The van der Waals surface area contributed by atoms with Gasteiger partial charge in [-0.1, -0.05) is 0 Å². The van der Waals surface area contributed by atoms with Crippen LogP contribution in [0.2, 0.25) is 0 Å². The number of ether oxygens (including phenoxy) is 2. The van der Waals surface area contributed by atoms with Gasteiger partial charge in [0.1, 0.15) is 11.9 Å². The van der Waals surface area contributed by atoms with Crippen LogP contribution in [0.25, 0.3) is 0 Å². The summed E-state index contributed by atoms with van der Waals surface area (Å²) in [4.78, 5) is 10.2. The standard InChI is InChI=1S/C10H12NO4/c1-7(2)15-10-5-4-8(14-3)6-9(10)11(12)13/h4-6H,1-3H3. The molecule has 0 saturated heterocycles. The van der Waals surface area contributed by atoms with E-state index in [9.17, 15) is 10.1 Å². The first-order chi connectivity index (χ1) is 7.04. The molecule has 0 spiro atoms. The van der Waals surface area contributed by atoms with Crippen molar-refractivity contribution in [3.8, 4) is 11.5 Å². The first-order valence-electron chi connectivity index (χ1n) is 4.35. The second-order valence-corrected chi connectivity index (χ2v) is 3.10. The number of hydrogen-bond donors (Lipinski definition) is 0. The summed E-state index contributed by atoms with van der Waals surface area (Å²) >= 11 is 0. The molecule has 0 N–H and O–H groups in total. The number of nitro groups is 1. The van der Waals surface area contributed by atoms with E-state index in [0.29, 0.717) is 11.9 Å². The van der Waals surface area contributed by atoms with Gasteiger partial charge in [0.2, 0.25) is 0 Å². The molecule has 0 aliphatic carbocycles. The zero-order valence-electron chi connectivity index (χ0n) is 8.81. The molecule has 15 heavy (non-hydrogen) atoms. The molecule has 0 aliphatic rings. The van der Waals surface area contributed by atoms with Crippen molar-refractivity contribution in [1.82, 2.24) is 0 Å². The van der Waals surface area contributed by atoms with Crippen LogP contribution in [0.15, 0.2) is 18.2 Å². The molecule has 0 fully saturated rings. The van der Waals surface area contributed by atoms with Gasteiger partial charge < -0.3 is 9.47 Å². The van der Waals surface area contributed by atoms with E-state index >= 15 is 0 Å². The monoisotopic (exact) mass is 210 g/mol. The predicted octanol–water partition coefficient (Wildman–Crippen LogP) is 2.55. The quantitative estimate of drug-likeness (QED) is 0.566. The molecule has 1 aromatic rings. The van der Waals surface area contributed by atoms with Crippen LogP contribution in [0.4, 0.5) is 5.69 Å². The Balaban J connectivity index is 3.09. The summed E-state index contributed by atoms with van der Waals surface area (Å²) in [6.07, 6.45) is 0.642. The molecule has 0 aliphatic heterocycles. The molecular weight excluding hydrogens is 198 g/mol. The van der Waals surface area contributed by atoms with E-state index in [4.69, 9.17) is 9.47 Å². The van der Waals surface area contributed by atoms with Gasteiger partial charge in [0.05, 0.1) is 18.1 Å². The van der Waals surface area contributed by atoms with Gasteiger partial charge in [-0.25, -0.2) is 0 Å². The Kier molecular flexibility index (Phi) is 3.49. The number of nitro benzene ring substituents is 1. The molecule has 0 heterocycles.